The molecule has 2 atom stereocenters. The number of carbonyl (C=O) groups is 3. The van der Waals surface area contributed by atoms with E-state index in [2.05, 4.69) is 15.7 Å². The summed E-state index contributed by atoms with van der Waals surface area (Å²) in [5, 5.41) is 14.4. The van der Waals surface area contributed by atoms with Crippen molar-refractivity contribution in [2.45, 2.75) is 57.9 Å². The van der Waals surface area contributed by atoms with Gasteiger partial charge in [-0.05, 0) is 42.9 Å². The van der Waals surface area contributed by atoms with Crippen molar-refractivity contribution in [1.82, 2.24) is 20.5 Å². The lowest BCUT2D eigenvalue weighted by Crippen LogP contribution is -2.51. The van der Waals surface area contributed by atoms with E-state index < -0.39 is 12.0 Å². The Balaban J connectivity index is 1.69. The van der Waals surface area contributed by atoms with Crippen LogP contribution >= 0.6 is 0 Å². The number of rotatable bonds is 9. The molecule has 0 aromatic carbocycles. The SMILES string of the molecule is CCc1ccnc(NC(=O)[C@@H]2CCNN2C(=O)[C@H](CC2CCCC2)CN(O)C=O)c1. The van der Waals surface area contributed by atoms with Crippen molar-refractivity contribution in [3.05, 3.63) is 23.9 Å². The number of aryl methyl sites for hydroxylation is 1. The number of aromatic nitrogens is 1. The van der Waals surface area contributed by atoms with Crippen molar-refractivity contribution in [2.75, 3.05) is 18.4 Å². The van der Waals surface area contributed by atoms with Gasteiger partial charge in [0.2, 0.25) is 18.2 Å². The van der Waals surface area contributed by atoms with E-state index in [4.69, 9.17) is 0 Å². The van der Waals surface area contributed by atoms with E-state index in [-0.39, 0.29) is 18.4 Å². The molecule has 3 rings (SSSR count). The van der Waals surface area contributed by atoms with Gasteiger partial charge in [0.15, 0.2) is 0 Å². The molecule has 2 fully saturated rings. The maximum absolute atomic E-state index is 13.3. The Morgan fingerprint density at radius 3 is 2.87 bits per heavy atom. The highest BCUT2D eigenvalue weighted by Crippen LogP contribution is 2.31. The first-order valence-corrected chi connectivity index (χ1v) is 10.7. The molecule has 0 bridgehead atoms. The van der Waals surface area contributed by atoms with E-state index in [9.17, 15) is 19.6 Å². The topological polar surface area (TPSA) is 115 Å². The number of hydrazine groups is 1. The van der Waals surface area contributed by atoms with Crippen molar-refractivity contribution >= 4 is 24.0 Å². The fourth-order valence-electron chi connectivity index (χ4n) is 4.38. The van der Waals surface area contributed by atoms with Crippen LogP contribution in [0, 0.1) is 11.8 Å². The monoisotopic (exact) mass is 417 g/mol. The summed E-state index contributed by atoms with van der Waals surface area (Å²) in [5.74, 6) is -0.273. The first-order valence-electron chi connectivity index (χ1n) is 10.7. The summed E-state index contributed by atoms with van der Waals surface area (Å²) in [7, 11) is 0. The molecule has 164 valence electrons. The first-order chi connectivity index (χ1) is 14.5. The van der Waals surface area contributed by atoms with Crippen LogP contribution in [0.3, 0.4) is 0 Å². The second-order valence-corrected chi connectivity index (χ2v) is 8.12. The van der Waals surface area contributed by atoms with E-state index in [1.807, 2.05) is 19.1 Å². The van der Waals surface area contributed by atoms with Crippen LogP contribution in [0.5, 0.6) is 0 Å². The highest BCUT2D eigenvalue weighted by Gasteiger charge is 2.39. The number of carbonyl (C=O) groups excluding carboxylic acids is 3. The zero-order chi connectivity index (χ0) is 21.5. The second kappa shape index (κ2) is 10.5. The molecule has 1 aliphatic carbocycles. The van der Waals surface area contributed by atoms with Crippen molar-refractivity contribution in [1.29, 1.82) is 0 Å². The van der Waals surface area contributed by atoms with Gasteiger partial charge in [-0.1, -0.05) is 32.6 Å². The Morgan fingerprint density at radius 2 is 2.17 bits per heavy atom. The molecule has 3 amide bonds. The molecule has 1 aliphatic heterocycles. The van der Waals surface area contributed by atoms with E-state index in [1.165, 1.54) is 5.01 Å². The van der Waals surface area contributed by atoms with Gasteiger partial charge < -0.3 is 5.32 Å². The molecule has 9 heteroatoms. The third kappa shape index (κ3) is 5.54. The lowest BCUT2D eigenvalue weighted by atomic mass is 9.92. The van der Waals surface area contributed by atoms with Crippen LogP contribution in [-0.4, -0.2) is 57.6 Å². The fraction of sp³-hybridized carbons (Fsp3) is 0.619. The van der Waals surface area contributed by atoms with Crippen LogP contribution in [0.25, 0.3) is 0 Å². The van der Waals surface area contributed by atoms with Gasteiger partial charge in [0.25, 0.3) is 0 Å². The smallest absolute Gasteiger partial charge is 0.250 e. The molecule has 0 radical (unpaired) electrons. The van der Waals surface area contributed by atoms with Gasteiger partial charge in [0.05, 0.1) is 12.5 Å². The average Bonchev–Trinajstić information content (AvgIpc) is 3.44. The van der Waals surface area contributed by atoms with Crippen LogP contribution in [0.15, 0.2) is 18.3 Å². The minimum absolute atomic E-state index is 0.0779. The maximum Gasteiger partial charge on any atom is 0.250 e. The first kappa shape index (κ1) is 22.2. The molecule has 1 saturated heterocycles. The van der Waals surface area contributed by atoms with Crippen molar-refractivity contribution in [3.8, 4) is 0 Å². The van der Waals surface area contributed by atoms with E-state index in [0.29, 0.717) is 42.6 Å². The van der Waals surface area contributed by atoms with Gasteiger partial charge in [-0.25, -0.2) is 15.5 Å². The van der Waals surface area contributed by atoms with Gasteiger partial charge >= 0.3 is 0 Å². The number of nitrogens with one attached hydrogen (secondary N) is 2. The van der Waals surface area contributed by atoms with Crippen LogP contribution in [-0.2, 0) is 20.8 Å². The molecule has 2 aliphatic rings. The Kier molecular flexibility index (Phi) is 7.75. The predicted molar refractivity (Wildman–Crippen MR) is 110 cm³/mol. The molecular formula is C21H31N5O4. The lowest BCUT2D eigenvalue weighted by Gasteiger charge is -2.29. The Labute approximate surface area is 176 Å². The highest BCUT2D eigenvalue weighted by atomic mass is 16.5. The summed E-state index contributed by atoms with van der Waals surface area (Å²) >= 11 is 0. The van der Waals surface area contributed by atoms with Gasteiger partial charge in [-0.2, -0.15) is 0 Å². The summed E-state index contributed by atoms with van der Waals surface area (Å²) in [6.45, 7) is 2.45. The summed E-state index contributed by atoms with van der Waals surface area (Å²) in [6, 6.07) is 3.05. The summed E-state index contributed by atoms with van der Waals surface area (Å²) < 4.78 is 0. The molecule has 30 heavy (non-hydrogen) atoms. The quantitative estimate of drug-likeness (QED) is 0.320. The van der Waals surface area contributed by atoms with E-state index in [1.54, 1.807) is 6.20 Å². The standard InChI is InChI=1S/C21H31N5O4/c1-2-15-7-9-22-19(12-15)24-20(28)18-8-10-23-26(18)21(29)17(13-25(30)14-27)11-16-5-3-4-6-16/h7,9,12,14,16-18,23,30H,2-6,8,10-11,13H2,1H3,(H,22,24,28)/t17-,18+/m1/s1. The number of amides is 3. The summed E-state index contributed by atoms with van der Waals surface area (Å²) in [6.07, 6.45) is 8.24. The molecule has 3 N–H and O–H groups in total. The second-order valence-electron chi connectivity index (χ2n) is 8.12. The summed E-state index contributed by atoms with van der Waals surface area (Å²) in [5.41, 5.74) is 4.07. The number of hydroxylamine groups is 2. The zero-order valence-electron chi connectivity index (χ0n) is 17.4. The molecule has 0 spiro atoms. The lowest BCUT2D eigenvalue weighted by molar-refractivity contribution is -0.159. The third-order valence-corrected chi connectivity index (χ3v) is 6.01. The van der Waals surface area contributed by atoms with Crippen molar-refractivity contribution in [3.63, 3.8) is 0 Å². The molecule has 1 saturated carbocycles. The predicted octanol–water partition coefficient (Wildman–Crippen LogP) is 1.73. The Hall–Kier alpha value is -2.52. The number of hydrogen-bond donors (Lipinski definition) is 3. The van der Waals surface area contributed by atoms with E-state index >= 15 is 0 Å². The van der Waals surface area contributed by atoms with Crippen LogP contribution < -0.4 is 10.7 Å². The Morgan fingerprint density at radius 1 is 1.40 bits per heavy atom. The van der Waals surface area contributed by atoms with E-state index in [0.717, 1.165) is 37.7 Å². The van der Waals surface area contributed by atoms with Gasteiger partial charge in [-0.15, -0.1) is 0 Å². The molecule has 1 aromatic heterocycles. The largest absolute Gasteiger partial charge is 0.309 e. The number of anilines is 1. The van der Waals surface area contributed by atoms with Crippen LogP contribution in [0.4, 0.5) is 5.82 Å². The summed E-state index contributed by atoms with van der Waals surface area (Å²) in [4.78, 5) is 41.2. The maximum atomic E-state index is 13.3. The van der Waals surface area contributed by atoms with Crippen molar-refractivity contribution in [2.24, 2.45) is 11.8 Å². The molecular weight excluding hydrogens is 386 g/mol. The number of hydrogen-bond acceptors (Lipinski definition) is 6. The third-order valence-electron chi connectivity index (χ3n) is 6.01. The normalized spacial score (nSPS) is 20.2. The van der Waals surface area contributed by atoms with Gasteiger partial charge in [0.1, 0.15) is 11.9 Å². The molecule has 1 aromatic rings. The van der Waals surface area contributed by atoms with Gasteiger partial charge in [-0.3, -0.25) is 24.6 Å². The number of nitrogens with zero attached hydrogens (tertiary/aromatic N) is 3. The molecule has 9 nitrogen and oxygen atoms in total. The van der Waals surface area contributed by atoms with Crippen molar-refractivity contribution < 1.29 is 19.6 Å². The molecule has 2 heterocycles. The van der Waals surface area contributed by atoms with Gasteiger partial charge in [0, 0.05) is 12.7 Å². The fourth-order valence-corrected chi connectivity index (χ4v) is 4.38. The minimum atomic E-state index is -0.668. The molecule has 0 unspecified atom stereocenters. The van der Waals surface area contributed by atoms with Crippen LogP contribution in [0.2, 0.25) is 0 Å². The average molecular weight is 418 g/mol. The Bertz CT molecular complexity index is 753. The van der Waals surface area contributed by atoms with Crippen LogP contribution in [0.1, 0.15) is 51.0 Å². The number of pyridine rings is 1. The zero-order valence-corrected chi connectivity index (χ0v) is 17.4. The highest BCUT2D eigenvalue weighted by molar-refractivity contribution is 5.97. The minimum Gasteiger partial charge on any atom is -0.309 e.